The topological polar surface area (TPSA) is 32.3 Å². The lowest BCUT2D eigenvalue weighted by molar-refractivity contribution is 0.302. The van der Waals surface area contributed by atoms with Gasteiger partial charge in [0.15, 0.2) is 0 Å². The monoisotopic (exact) mass is 121 g/mol. The van der Waals surface area contributed by atoms with Crippen molar-refractivity contribution in [3.63, 3.8) is 0 Å². The van der Waals surface area contributed by atoms with Crippen LogP contribution in [0, 0.1) is 0 Å². The lowest BCUT2D eigenvalue weighted by atomic mass is 10.8. The minimum atomic E-state index is 0.229. The van der Waals surface area contributed by atoms with Crippen LogP contribution in [0.3, 0.4) is 0 Å². The number of hydrogen-bond donors (Lipinski definition) is 2. The molecule has 0 fully saturated rings. The largest absolute Gasteiger partial charge is 0.395 e. The zero-order valence-corrected chi connectivity index (χ0v) is 5.29. The molecule has 0 aromatic carbocycles. The lowest BCUT2D eigenvalue weighted by Crippen LogP contribution is -2.09. The van der Waals surface area contributed by atoms with Crippen molar-refractivity contribution < 1.29 is 5.11 Å². The Balaban J connectivity index is 2.45. The fraction of sp³-hybridized carbons (Fsp3) is 1.00. The van der Waals surface area contributed by atoms with Crippen LogP contribution in [-0.2, 0) is 0 Å². The average Bonchev–Trinajstić information content (AvgIpc) is 1.69. The van der Waals surface area contributed by atoms with Crippen LogP contribution in [0.4, 0.5) is 0 Å². The molecule has 0 aliphatic heterocycles. The number of aliphatic hydroxyl groups excluding tert-OH is 1. The predicted molar refractivity (Wildman–Crippen MR) is 33.2 cm³/mol. The normalized spacial score (nSPS) is 9.43. The van der Waals surface area contributed by atoms with Crippen LogP contribution in [0.2, 0.25) is 0 Å². The molecule has 3 heteroatoms. The summed E-state index contributed by atoms with van der Waals surface area (Å²) in [5.41, 5.74) is 0. The quantitative estimate of drug-likeness (QED) is 0.412. The van der Waals surface area contributed by atoms with E-state index < -0.39 is 0 Å². The minimum Gasteiger partial charge on any atom is -0.395 e. The van der Waals surface area contributed by atoms with Crippen LogP contribution >= 0.6 is 11.9 Å². The molecule has 7 heavy (non-hydrogen) atoms. The van der Waals surface area contributed by atoms with E-state index in [0.29, 0.717) is 6.54 Å². The van der Waals surface area contributed by atoms with Gasteiger partial charge in [-0.05, 0) is 0 Å². The van der Waals surface area contributed by atoms with Gasteiger partial charge in [0.2, 0.25) is 0 Å². The van der Waals surface area contributed by atoms with Gasteiger partial charge in [-0.25, -0.2) is 0 Å². The van der Waals surface area contributed by atoms with Gasteiger partial charge in [0.25, 0.3) is 0 Å². The molecule has 0 aromatic heterocycles. The van der Waals surface area contributed by atoms with Crippen molar-refractivity contribution >= 4 is 11.9 Å². The molecule has 0 bridgehead atoms. The van der Waals surface area contributed by atoms with Gasteiger partial charge in [-0.15, -0.1) is 0 Å². The van der Waals surface area contributed by atoms with E-state index >= 15 is 0 Å². The molecule has 44 valence electrons. The summed E-state index contributed by atoms with van der Waals surface area (Å²) in [5.74, 6) is 1.06. The Morgan fingerprint density at radius 3 is 2.86 bits per heavy atom. The van der Waals surface area contributed by atoms with Crippen LogP contribution < -0.4 is 4.72 Å². The van der Waals surface area contributed by atoms with Crippen molar-refractivity contribution in [1.29, 1.82) is 0 Å². The summed E-state index contributed by atoms with van der Waals surface area (Å²) < 4.78 is 2.95. The maximum absolute atomic E-state index is 8.22. The maximum Gasteiger partial charge on any atom is 0.0565 e. The summed E-state index contributed by atoms with van der Waals surface area (Å²) >= 11 is 1.62. The highest BCUT2D eigenvalue weighted by molar-refractivity contribution is 7.97. The first-order chi connectivity index (χ1) is 3.41. The first-order valence-electron chi connectivity index (χ1n) is 2.37. The Morgan fingerprint density at radius 1 is 1.71 bits per heavy atom. The van der Waals surface area contributed by atoms with E-state index in [9.17, 15) is 0 Å². The van der Waals surface area contributed by atoms with Gasteiger partial charge in [0, 0.05) is 12.3 Å². The Hall–Kier alpha value is 0.270. The SMILES string of the molecule is CCSNCCO. The molecule has 0 aromatic rings. The van der Waals surface area contributed by atoms with Crippen molar-refractivity contribution in [2.75, 3.05) is 18.9 Å². The predicted octanol–water partition coefficient (Wildman–Crippen LogP) is 0.236. The Kier molecular flexibility index (Phi) is 6.51. The van der Waals surface area contributed by atoms with Gasteiger partial charge >= 0.3 is 0 Å². The molecule has 0 saturated carbocycles. The van der Waals surface area contributed by atoms with Crippen LogP contribution in [0.15, 0.2) is 0 Å². The van der Waals surface area contributed by atoms with Gasteiger partial charge in [-0.3, -0.25) is 4.72 Å². The molecule has 0 unspecified atom stereocenters. The third kappa shape index (κ3) is 6.27. The molecule has 0 atom stereocenters. The summed E-state index contributed by atoms with van der Waals surface area (Å²) in [6, 6.07) is 0. The van der Waals surface area contributed by atoms with Crippen molar-refractivity contribution in [1.82, 2.24) is 4.72 Å². The van der Waals surface area contributed by atoms with E-state index in [2.05, 4.69) is 11.6 Å². The van der Waals surface area contributed by atoms with Gasteiger partial charge < -0.3 is 5.11 Å². The highest BCUT2D eigenvalue weighted by Crippen LogP contribution is 1.86. The van der Waals surface area contributed by atoms with E-state index in [1.807, 2.05) is 0 Å². The number of nitrogens with one attached hydrogen (secondary N) is 1. The van der Waals surface area contributed by atoms with Crippen molar-refractivity contribution in [3.05, 3.63) is 0 Å². The molecule has 0 spiro atoms. The fourth-order valence-electron chi connectivity index (χ4n) is 0.220. The van der Waals surface area contributed by atoms with Gasteiger partial charge in [-0.2, -0.15) is 0 Å². The van der Waals surface area contributed by atoms with Gasteiger partial charge in [-0.1, -0.05) is 18.9 Å². The summed E-state index contributed by atoms with van der Waals surface area (Å²) in [5, 5.41) is 8.22. The third-order valence-electron chi connectivity index (χ3n) is 0.460. The lowest BCUT2D eigenvalue weighted by Gasteiger charge is -1.94. The van der Waals surface area contributed by atoms with Crippen molar-refractivity contribution in [2.24, 2.45) is 0 Å². The summed E-state index contributed by atoms with van der Waals surface area (Å²) in [7, 11) is 0. The molecule has 2 N–H and O–H groups in total. The van der Waals surface area contributed by atoms with Crippen molar-refractivity contribution in [3.8, 4) is 0 Å². The fourth-order valence-corrected chi connectivity index (χ4v) is 0.660. The van der Waals surface area contributed by atoms with Crippen LogP contribution in [0.5, 0.6) is 0 Å². The van der Waals surface area contributed by atoms with E-state index in [-0.39, 0.29) is 6.61 Å². The highest BCUT2D eigenvalue weighted by Gasteiger charge is 1.77. The molecule has 0 radical (unpaired) electrons. The summed E-state index contributed by atoms with van der Waals surface area (Å²) in [6.07, 6.45) is 0. The molecule has 0 aliphatic rings. The Morgan fingerprint density at radius 2 is 2.43 bits per heavy atom. The molecular weight excluding hydrogens is 110 g/mol. The zero-order chi connectivity index (χ0) is 5.54. The molecular formula is C4H11NOS. The smallest absolute Gasteiger partial charge is 0.0565 e. The summed E-state index contributed by atoms with van der Waals surface area (Å²) in [6.45, 7) is 2.99. The second kappa shape index (κ2) is 6.27. The molecule has 0 saturated heterocycles. The Bertz CT molecular complexity index is 30.9. The average molecular weight is 121 g/mol. The maximum atomic E-state index is 8.22. The van der Waals surface area contributed by atoms with Crippen LogP contribution in [-0.4, -0.2) is 24.0 Å². The second-order valence-corrected chi connectivity index (χ2v) is 2.21. The Labute approximate surface area is 48.4 Å². The number of aliphatic hydroxyl groups is 1. The van der Waals surface area contributed by atoms with Crippen LogP contribution in [0.1, 0.15) is 6.92 Å². The van der Waals surface area contributed by atoms with Gasteiger partial charge in [0.1, 0.15) is 0 Å². The molecule has 0 heterocycles. The molecule has 0 amide bonds. The molecule has 0 aliphatic carbocycles. The first-order valence-corrected chi connectivity index (χ1v) is 3.36. The molecule has 0 rings (SSSR count). The molecule has 2 nitrogen and oxygen atoms in total. The number of hydrogen-bond acceptors (Lipinski definition) is 3. The zero-order valence-electron chi connectivity index (χ0n) is 4.48. The van der Waals surface area contributed by atoms with Crippen LogP contribution in [0.25, 0.3) is 0 Å². The standard InChI is InChI=1S/C4H11NOS/c1-2-7-5-3-4-6/h5-6H,2-4H2,1H3. The minimum absolute atomic E-state index is 0.229. The first kappa shape index (κ1) is 7.27. The number of rotatable bonds is 4. The summed E-state index contributed by atoms with van der Waals surface area (Å²) in [4.78, 5) is 0. The van der Waals surface area contributed by atoms with E-state index in [1.165, 1.54) is 0 Å². The second-order valence-electron chi connectivity index (χ2n) is 1.05. The van der Waals surface area contributed by atoms with E-state index in [4.69, 9.17) is 5.11 Å². The van der Waals surface area contributed by atoms with Gasteiger partial charge in [0.05, 0.1) is 6.61 Å². The highest BCUT2D eigenvalue weighted by atomic mass is 32.2. The third-order valence-corrected chi connectivity index (χ3v) is 1.16. The van der Waals surface area contributed by atoms with E-state index in [1.54, 1.807) is 11.9 Å². The van der Waals surface area contributed by atoms with E-state index in [0.717, 1.165) is 5.75 Å². The van der Waals surface area contributed by atoms with Crippen molar-refractivity contribution in [2.45, 2.75) is 6.92 Å².